The molecule has 1 saturated heterocycles. The van der Waals surface area contributed by atoms with Crippen LogP contribution in [-0.4, -0.2) is 62.1 Å². The average molecular weight is 365 g/mol. The number of sulfonamides is 1. The van der Waals surface area contributed by atoms with Gasteiger partial charge in [-0.05, 0) is 37.3 Å². The van der Waals surface area contributed by atoms with Crippen molar-refractivity contribution in [3.05, 3.63) is 35.4 Å². The number of hydrogen-bond donors (Lipinski definition) is 1. The van der Waals surface area contributed by atoms with Crippen LogP contribution in [0, 0.1) is 0 Å². The summed E-state index contributed by atoms with van der Waals surface area (Å²) in [6.45, 7) is 4.92. The Balaban J connectivity index is 1.55. The Kier molecular flexibility index (Phi) is 5.46. The van der Waals surface area contributed by atoms with Gasteiger partial charge in [0.2, 0.25) is 15.9 Å². The highest BCUT2D eigenvalue weighted by Crippen LogP contribution is 2.22. The standard InChI is InChI=1S/C18H27N3O3S/c1-14(21-10-7-15-5-3-4-6-16(15)13-21)18(22)20-11-8-17(9-12-20)19-25(2,23)24/h3-6,14,17,19H,7-13H2,1-2H3/t14-/m0/s1. The second kappa shape index (κ2) is 7.43. The third-order valence-corrected chi connectivity index (χ3v) is 6.01. The molecular weight excluding hydrogens is 338 g/mol. The van der Waals surface area contributed by atoms with E-state index in [0.717, 1.165) is 19.5 Å². The van der Waals surface area contributed by atoms with Crippen molar-refractivity contribution in [1.29, 1.82) is 0 Å². The minimum atomic E-state index is -3.19. The SMILES string of the molecule is C[C@@H](C(=O)N1CCC(NS(C)(=O)=O)CC1)N1CCc2ccccc2C1. The van der Waals surface area contributed by atoms with Crippen molar-refractivity contribution >= 4 is 15.9 Å². The van der Waals surface area contributed by atoms with Gasteiger partial charge in [0, 0.05) is 32.2 Å². The molecule has 1 fully saturated rings. The summed E-state index contributed by atoms with van der Waals surface area (Å²) in [5.41, 5.74) is 2.69. The number of piperidine rings is 1. The summed E-state index contributed by atoms with van der Waals surface area (Å²) >= 11 is 0. The minimum absolute atomic E-state index is 0.0591. The van der Waals surface area contributed by atoms with Crippen molar-refractivity contribution in [2.24, 2.45) is 0 Å². The van der Waals surface area contributed by atoms with E-state index in [9.17, 15) is 13.2 Å². The Hall–Kier alpha value is -1.44. The molecule has 6 nitrogen and oxygen atoms in total. The van der Waals surface area contributed by atoms with Gasteiger partial charge in [-0.1, -0.05) is 24.3 Å². The molecule has 7 heteroatoms. The van der Waals surface area contributed by atoms with Gasteiger partial charge >= 0.3 is 0 Å². The van der Waals surface area contributed by atoms with Crippen LogP contribution in [0.4, 0.5) is 0 Å². The molecule has 2 heterocycles. The highest BCUT2D eigenvalue weighted by molar-refractivity contribution is 7.88. The fourth-order valence-electron chi connectivity index (χ4n) is 3.79. The summed E-state index contributed by atoms with van der Waals surface area (Å²) in [6.07, 6.45) is 3.51. The van der Waals surface area contributed by atoms with Crippen LogP contribution in [-0.2, 0) is 27.8 Å². The number of carbonyl (C=O) groups is 1. The van der Waals surface area contributed by atoms with Gasteiger partial charge in [-0.2, -0.15) is 0 Å². The predicted molar refractivity (Wildman–Crippen MR) is 97.6 cm³/mol. The molecule has 1 aromatic rings. The molecule has 0 aromatic heterocycles. The molecular formula is C18H27N3O3S. The number of rotatable bonds is 4. The van der Waals surface area contributed by atoms with Crippen molar-refractivity contribution in [3.63, 3.8) is 0 Å². The van der Waals surface area contributed by atoms with Gasteiger partial charge < -0.3 is 4.90 Å². The molecule has 0 unspecified atom stereocenters. The number of fused-ring (bicyclic) bond motifs is 1. The topological polar surface area (TPSA) is 69.7 Å². The average Bonchev–Trinajstić information content (AvgIpc) is 2.59. The Morgan fingerprint density at radius 3 is 2.44 bits per heavy atom. The first-order valence-electron chi connectivity index (χ1n) is 8.90. The maximum atomic E-state index is 12.8. The number of likely N-dealkylation sites (tertiary alicyclic amines) is 1. The van der Waals surface area contributed by atoms with E-state index in [-0.39, 0.29) is 18.0 Å². The van der Waals surface area contributed by atoms with E-state index in [1.165, 1.54) is 17.4 Å². The van der Waals surface area contributed by atoms with Crippen molar-refractivity contribution in [3.8, 4) is 0 Å². The van der Waals surface area contributed by atoms with Crippen molar-refractivity contribution < 1.29 is 13.2 Å². The van der Waals surface area contributed by atoms with Gasteiger partial charge in [-0.25, -0.2) is 13.1 Å². The maximum absolute atomic E-state index is 12.8. The van der Waals surface area contributed by atoms with Crippen LogP contribution in [0.1, 0.15) is 30.9 Å². The molecule has 1 aromatic carbocycles. The van der Waals surface area contributed by atoms with Gasteiger partial charge in [-0.15, -0.1) is 0 Å². The van der Waals surface area contributed by atoms with E-state index in [1.807, 2.05) is 17.9 Å². The molecule has 0 spiro atoms. The number of nitrogens with zero attached hydrogens (tertiary/aromatic N) is 2. The molecule has 25 heavy (non-hydrogen) atoms. The van der Waals surface area contributed by atoms with E-state index >= 15 is 0 Å². The molecule has 2 aliphatic heterocycles. The van der Waals surface area contributed by atoms with E-state index in [4.69, 9.17) is 0 Å². The van der Waals surface area contributed by atoms with Crippen LogP contribution < -0.4 is 4.72 Å². The summed E-state index contributed by atoms with van der Waals surface area (Å²) in [5.74, 6) is 0.150. The van der Waals surface area contributed by atoms with Gasteiger partial charge in [0.1, 0.15) is 0 Å². The van der Waals surface area contributed by atoms with Crippen LogP contribution in [0.15, 0.2) is 24.3 Å². The zero-order valence-electron chi connectivity index (χ0n) is 14.9. The van der Waals surface area contributed by atoms with Crippen LogP contribution in [0.2, 0.25) is 0 Å². The van der Waals surface area contributed by atoms with Gasteiger partial charge in [0.05, 0.1) is 12.3 Å². The maximum Gasteiger partial charge on any atom is 0.239 e. The van der Waals surface area contributed by atoms with Crippen molar-refractivity contribution in [1.82, 2.24) is 14.5 Å². The monoisotopic (exact) mass is 365 g/mol. The lowest BCUT2D eigenvalue weighted by Crippen LogP contribution is -2.52. The molecule has 0 bridgehead atoms. The summed E-state index contributed by atoms with van der Waals surface area (Å²) in [4.78, 5) is 17.0. The first-order chi connectivity index (χ1) is 11.8. The lowest BCUT2D eigenvalue weighted by Gasteiger charge is -2.38. The third kappa shape index (κ3) is 4.59. The van der Waals surface area contributed by atoms with Crippen LogP contribution in [0.3, 0.4) is 0 Å². The molecule has 2 aliphatic rings. The third-order valence-electron chi connectivity index (χ3n) is 5.25. The van der Waals surface area contributed by atoms with Crippen molar-refractivity contribution in [2.75, 3.05) is 25.9 Å². The Labute approximate surface area is 150 Å². The number of amides is 1. The highest BCUT2D eigenvalue weighted by Gasteiger charge is 2.31. The smallest absolute Gasteiger partial charge is 0.239 e. The van der Waals surface area contributed by atoms with Crippen LogP contribution in [0.5, 0.6) is 0 Å². The quantitative estimate of drug-likeness (QED) is 0.863. The number of nitrogens with one attached hydrogen (secondary N) is 1. The Morgan fingerprint density at radius 2 is 1.80 bits per heavy atom. The molecule has 1 N–H and O–H groups in total. The van der Waals surface area contributed by atoms with Crippen molar-refractivity contribution in [2.45, 2.75) is 44.8 Å². The predicted octanol–water partition coefficient (Wildman–Crippen LogP) is 0.973. The Morgan fingerprint density at radius 1 is 1.16 bits per heavy atom. The summed E-state index contributed by atoms with van der Waals surface area (Å²) < 4.78 is 25.3. The minimum Gasteiger partial charge on any atom is -0.341 e. The Bertz CT molecular complexity index is 727. The van der Waals surface area contributed by atoms with Crippen LogP contribution in [0.25, 0.3) is 0 Å². The molecule has 0 radical (unpaired) electrons. The number of benzene rings is 1. The fraction of sp³-hybridized carbons (Fsp3) is 0.611. The van der Waals surface area contributed by atoms with E-state index in [1.54, 1.807) is 0 Å². The highest BCUT2D eigenvalue weighted by atomic mass is 32.2. The molecule has 3 rings (SSSR count). The lowest BCUT2D eigenvalue weighted by molar-refractivity contribution is -0.137. The zero-order valence-corrected chi connectivity index (χ0v) is 15.8. The first-order valence-corrected chi connectivity index (χ1v) is 10.8. The molecule has 0 saturated carbocycles. The number of hydrogen-bond acceptors (Lipinski definition) is 4. The van der Waals surface area contributed by atoms with Crippen LogP contribution >= 0.6 is 0 Å². The second-order valence-electron chi connectivity index (χ2n) is 7.15. The van der Waals surface area contributed by atoms with Gasteiger partial charge in [0.15, 0.2) is 0 Å². The van der Waals surface area contributed by atoms with Gasteiger partial charge in [-0.3, -0.25) is 9.69 Å². The molecule has 138 valence electrons. The normalized spacial score (nSPS) is 21.0. The van der Waals surface area contributed by atoms with E-state index in [0.29, 0.717) is 25.9 Å². The summed E-state index contributed by atoms with van der Waals surface area (Å²) in [5, 5.41) is 0. The molecule has 1 atom stereocenters. The first kappa shape index (κ1) is 18.4. The van der Waals surface area contributed by atoms with E-state index < -0.39 is 10.0 Å². The lowest BCUT2D eigenvalue weighted by atomic mass is 9.98. The molecule has 1 amide bonds. The largest absolute Gasteiger partial charge is 0.341 e. The fourth-order valence-corrected chi connectivity index (χ4v) is 4.63. The number of carbonyl (C=O) groups excluding carboxylic acids is 1. The zero-order chi connectivity index (χ0) is 18.0. The summed E-state index contributed by atoms with van der Waals surface area (Å²) in [6, 6.07) is 8.22. The molecule has 0 aliphatic carbocycles. The van der Waals surface area contributed by atoms with Gasteiger partial charge in [0.25, 0.3) is 0 Å². The second-order valence-corrected chi connectivity index (χ2v) is 8.93. The summed E-state index contributed by atoms with van der Waals surface area (Å²) in [7, 11) is -3.19. The van der Waals surface area contributed by atoms with E-state index in [2.05, 4.69) is 27.8 Å².